The maximum absolute atomic E-state index is 13.7. The van der Waals surface area contributed by atoms with Gasteiger partial charge in [0, 0.05) is 11.6 Å². The molecule has 0 bridgehead atoms. The van der Waals surface area contributed by atoms with Crippen LogP contribution < -0.4 is 5.32 Å². The average Bonchev–Trinajstić information content (AvgIpc) is 3.15. The van der Waals surface area contributed by atoms with Crippen molar-refractivity contribution in [3.8, 4) is 0 Å². The number of rotatable bonds is 6. The Bertz CT molecular complexity index is 922. The number of halogens is 2. The summed E-state index contributed by atoms with van der Waals surface area (Å²) in [7, 11) is -3.86. The first-order chi connectivity index (χ1) is 12.9. The minimum atomic E-state index is -3.86. The second-order valence-corrected chi connectivity index (χ2v) is 9.45. The zero-order chi connectivity index (χ0) is 19.5. The van der Waals surface area contributed by atoms with Crippen molar-refractivity contribution >= 4 is 27.3 Å². The summed E-state index contributed by atoms with van der Waals surface area (Å²) in [6, 6.07) is 12.2. The summed E-state index contributed by atoms with van der Waals surface area (Å²) in [6.45, 7) is 0.178. The second kappa shape index (κ2) is 7.98. The monoisotopic (exact) mass is 409 g/mol. The van der Waals surface area contributed by atoms with Crippen LogP contribution in [-0.4, -0.2) is 25.6 Å². The van der Waals surface area contributed by atoms with Crippen molar-refractivity contribution in [1.29, 1.82) is 0 Å². The highest BCUT2D eigenvalue weighted by atomic mass is 35.5. The Kier molecular flexibility index (Phi) is 5.86. The third kappa shape index (κ3) is 3.87. The molecule has 0 atom stereocenters. The maximum atomic E-state index is 13.7. The minimum absolute atomic E-state index is 0.0954. The van der Waals surface area contributed by atoms with E-state index in [0.29, 0.717) is 29.8 Å². The molecule has 0 spiro atoms. The number of benzene rings is 2. The molecule has 1 aliphatic rings. The molecule has 3 rings (SSSR count). The van der Waals surface area contributed by atoms with Gasteiger partial charge in [-0.05, 0) is 55.2 Å². The van der Waals surface area contributed by atoms with Crippen LogP contribution in [-0.2, 0) is 21.1 Å². The summed E-state index contributed by atoms with van der Waals surface area (Å²) in [5.74, 6) is -0.845. The molecule has 2 aromatic rings. The number of carbonyl (C=O) groups excluding carboxylic acids is 1. The van der Waals surface area contributed by atoms with Crippen LogP contribution in [0.1, 0.15) is 31.2 Å². The molecule has 4 nitrogen and oxygen atoms in total. The summed E-state index contributed by atoms with van der Waals surface area (Å²) in [5.41, 5.74) is 0.485. The van der Waals surface area contributed by atoms with E-state index in [9.17, 15) is 17.6 Å². The van der Waals surface area contributed by atoms with Gasteiger partial charge in [0.05, 0.1) is 4.90 Å². The van der Waals surface area contributed by atoms with Gasteiger partial charge in [-0.1, -0.05) is 42.6 Å². The third-order valence-corrected chi connectivity index (χ3v) is 7.87. The molecule has 1 amide bonds. The van der Waals surface area contributed by atoms with Crippen LogP contribution in [0.25, 0.3) is 0 Å². The van der Waals surface area contributed by atoms with Gasteiger partial charge in [0.25, 0.3) is 0 Å². The maximum Gasteiger partial charge on any atom is 0.241 e. The van der Waals surface area contributed by atoms with Crippen molar-refractivity contribution in [2.45, 2.75) is 41.7 Å². The van der Waals surface area contributed by atoms with Crippen LogP contribution in [0, 0.1) is 5.82 Å². The van der Waals surface area contributed by atoms with E-state index in [-0.39, 0.29) is 30.1 Å². The quantitative estimate of drug-likeness (QED) is 0.786. The van der Waals surface area contributed by atoms with E-state index in [1.807, 2.05) is 0 Å². The minimum Gasteiger partial charge on any atom is -0.354 e. The highest BCUT2D eigenvalue weighted by Gasteiger charge is 2.52. The molecule has 0 aliphatic heterocycles. The van der Waals surface area contributed by atoms with E-state index in [4.69, 9.17) is 11.6 Å². The lowest BCUT2D eigenvalue weighted by Gasteiger charge is -2.27. The molecule has 0 saturated heterocycles. The van der Waals surface area contributed by atoms with Gasteiger partial charge in [0.1, 0.15) is 5.82 Å². The van der Waals surface area contributed by atoms with Gasteiger partial charge >= 0.3 is 0 Å². The fourth-order valence-electron chi connectivity index (χ4n) is 3.58. The highest BCUT2D eigenvalue weighted by Crippen LogP contribution is 2.41. The average molecular weight is 410 g/mol. The first-order valence-corrected chi connectivity index (χ1v) is 10.7. The predicted molar refractivity (Wildman–Crippen MR) is 103 cm³/mol. The van der Waals surface area contributed by atoms with Crippen molar-refractivity contribution in [2.75, 3.05) is 6.54 Å². The van der Waals surface area contributed by atoms with Gasteiger partial charge in [-0.25, -0.2) is 12.8 Å². The van der Waals surface area contributed by atoms with Gasteiger partial charge in [0.15, 0.2) is 14.6 Å². The Labute approximate surface area is 163 Å². The van der Waals surface area contributed by atoms with Crippen molar-refractivity contribution in [1.82, 2.24) is 5.32 Å². The Morgan fingerprint density at radius 3 is 2.33 bits per heavy atom. The van der Waals surface area contributed by atoms with Crippen LogP contribution >= 0.6 is 11.6 Å². The van der Waals surface area contributed by atoms with Crippen LogP contribution in [0.3, 0.4) is 0 Å². The normalized spacial score (nSPS) is 16.2. The van der Waals surface area contributed by atoms with Crippen molar-refractivity contribution in [2.24, 2.45) is 0 Å². The molecule has 1 saturated carbocycles. The molecule has 0 heterocycles. The van der Waals surface area contributed by atoms with Gasteiger partial charge in [-0.15, -0.1) is 0 Å². The first-order valence-electron chi connectivity index (χ1n) is 8.89. The topological polar surface area (TPSA) is 63.2 Å². The van der Waals surface area contributed by atoms with E-state index in [0.717, 1.165) is 0 Å². The lowest BCUT2D eigenvalue weighted by molar-refractivity contribution is -0.123. The zero-order valence-electron chi connectivity index (χ0n) is 14.8. The van der Waals surface area contributed by atoms with E-state index in [2.05, 4.69) is 5.32 Å². The number of hydrogen-bond acceptors (Lipinski definition) is 3. The smallest absolute Gasteiger partial charge is 0.241 e. The number of amides is 1. The fourth-order valence-corrected chi connectivity index (χ4v) is 5.79. The summed E-state index contributed by atoms with van der Waals surface area (Å²) in [5, 5.41) is 3.15. The Morgan fingerprint density at radius 1 is 1.07 bits per heavy atom. The number of hydrogen-bond donors (Lipinski definition) is 1. The second-order valence-electron chi connectivity index (χ2n) is 6.76. The van der Waals surface area contributed by atoms with Crippen LogP contribution in [0.2, 0.25) is 5.02 Å². The molecule has 0 unspecified atom stereocenters. The standard InChI is InChI=1S/C20H21ClFNO3S/c21-16-7-9-17(10-8-16)27(25,26)20(12-3-4-13-20)19(24)23-14-11-15-5-1-2-6-18(15)22/h1-2,5-10H,3-4,11-14H2,(H,23,24). The van der Waals surface area contributed by atoms with Gasteiger partial charge in [-0.3, -0.25) is 4.79 Å². The Balaban J connectivity index is 1.78. The molecule has 1 N–H and O–H groups in total. The number of carbonyl (C=O) groups is 1. The molecule has 0 aromatic heterocycles. The zero-order valence-corrected chi connectivity index (χ0v) is 16.3. The molecular formula is C20H21ClFNO3S. The molecular weight excluding hydrogens is 389 g/mol. The van der Waals surface area contributed by atoms with E-state index < -0.39 is 20.5 Å². The van der Waals surface area contributed by atoms with E-state index in [1.165, 1.54) is 30.3 Å². The van der Waals surface area contributed by atoms with Crippen LogP contribution in [0.15, 0.2) is 53.4 Å². The summed E-state index contributed by atoms with van der Waals surface area (Å²) < 4.78 is 38.7. The van der Waals surface area contributed by atoms with E-state index in [1.54, 1.807) is 18.2 Å². The highest BCUT2D eigenvalue weighted by molar-refractivity contribution is 7.93. The largest absolute Gasteiger partial charge is 0.354 e. The number of sulfone groups is 1. The summed E-state index contributed by atoms with van der Waals surface area (Å²) in [6.07, 6.45) is 2.21. The predicted octanol–water partition coefficient (Wildman–Crippen LogP) is 3.92. The van der Waals surface area contributed by atoms with Gasteiger partial charge in [-0.2, -0.15) is 0 Å². The van der Waals surface area contributed by atoms with Gasteiger partial charge in [0.2, 0.25) is 5.91 Å². The fraction of sp³-hybridized carbons (Fsp3) is 0.350. The lowest BCUT2D eigenvalue weighted by Crippen LogP contribution is -2.51. The molecule has 1 aliphatic carbocycles. The molecule has 2 aromatic carbocycles. The number of nitrogens with one attached hydrogen (secondary N) is 1. The Morgan fingerprint density at radius 2 is 1.70 bits per heavy atom. The Hall–Kier alpha value is -1.92. The summed E-state index contributed by atoms with van der Waals surface area (Å²) in [4.78, 5) is 13.0. The SMILES string of the molecule is O=C(NCCc1ccccc1F)C1(S(=O)(=O)c2ccc(Cl)cc2)CCCC1. The third-order valence-electron chi connectivity index (χ3n) is 5.10. The van der Waals surface area contributed by atoms with Crippen molar-refractivity contribution in [3.05, 3.63) is 64.9 Å². The van der Waals surface area contributed by atoms with Gasteiger partial charge < -0.3 is 5.32 Å². The van der Waals surface area contributed by atoms with Crippen molar-refractivity contribution in [3.63, 3.8) is 0 Å². The van der Waals surface area contributed by atoms with Crippen molar-refractivity contribution < 1.29 is 17.6 Å². The lowest BCUT2D eigenvalue weighted by atomic mass is 10.1. The van der Waals surface area contributed by atoms with Crippen LogP contribution in [0.5, 0.6) is 0 Å². The molecule has 1 fully saturated rings. The molecule has 7 heteroatoms. The summed E-state index contributed by atoms with van der Waals surface area (Å²) >= 11 is 5.85. The molecule has 144 valence electrons. The van der Waals surface area contributed by atoms with Crippen LogP contribution in [0.4, 0.5) is 4.39 Å². The first kappa shape index (κ1) is 19.8. The molecule has 27 heavy (non-hydrogen) atoms. The molecule has 0 radical (unpaired) electrons. The van der Waals surface area contributed by atoms with E-state index >= 15 is 0 Å².